The Morgan fingerprint density at radius 3 is 3.00 bits per heavy atom. The van der Waals surface area contributed by atoms with E-state index in [1.807, 2.05) is 0 Å². The molecule has 6 heteroatoms. The summed E-state index contributed by atoms with van der Waals surface area (Å²) in [6.45, 7) is 0. The van der Waals surface area contributed by atoms with Gasteiger partial charge >= 0.3 is 0 Å². The van der Waals surface area contributed by atoms with Crippen LogP contribution in [-0.2, 0) is 0 Å². The maximum atomic E-state index is 11.2. The van der Waals surface area contributed by atoms with E-state index >= 15 is 0 Å². The summed E-state index contributed by atoms with van der Waals surface area (Å²) >= 11 is 0. The van der Waals surface area contributed by atoms with E-state index in [2.05, 4.69) is 15.6 Å². The number of hydrogen-bond acceptors (Lipinski definition) is 4. The Labute approximate surface area is 81.5 Å². The molecule has 14 heavy (non-hydrogen) atoms. The maximum Gasteiger partial charge on any atom is 0.273 e. The SMILES string of the molecule is CNC(=O)c1cn(C2CC(N)C2)nn1. The molecule has 1 saturated carbocycles. The quantitative estimate of drug-likeness (QED) is 0.653. The van der Waals surface area contributed by atoms with Crippen LogP contribution in [0.5, 0.6) is 0 Å². The largest absolute Gasteiger partial charge is 0.354 e. The van der Waals surface area contributed by atoms with E-state index in [1.165, 1.54) is 0 Å². The third kappa shape index (κ3) is 1.48. The lowest BCUT2D eigenvalue weighted by Gasteiger charge is -2.31. The van der Waals surface area contributed by atoms with Crippen molar-refractivity contribution in [1.29, 1.82) is 0 Å². The molecular weight excluding hydrogens is 182 g/mol. The van der Waals surface area contributed by atoms with Crippen LogP contribution < -0.4 is 11.1 Å². The molecule has 0 atom stereocenters. The van der Waals surface area contributed by atoms with E-state index in [-0.39, 0.29) is 11.9 Å². The van der Waals surface area contributed by atoms with Gasteiger partial charge in [-0.2, -0.15) is 0 Å². The number of aromatic nitrogens is 3. The summed E-state index contributed by atoms with van der Waals surface area (Å²) in [7, 11) is 1.57. The van der Waals surface area contributed by atoms with Gasteiger partial charge in [0.05, 0.1) is 12.2 Å². The van der Waals surface area contributed by atoms with Gasteiger partial charge < -0.3 is 11.1 Å². The first-order chi connectivity index (χ1) is 6.70. The molecule has 1 fully saturated rings. The molecule has 1 amide bonds. The second kappa shape index (κ2) is 3.38. The van der Waals surface area contributed by atoms with Crippen molar-refractivity contribution in [2.45, 2.75) is 24.9 Å². The van der Waals surface area contributed by atoms with Gasteiger partial charge in [-0.3, -0.25) is 4.79 Å². The standard InChI is InChI=1S/C8H13N5O/c1-10-8(14)7-4-13(12-11-7)6-2-5(9)3-6/h4-6H,2-3,9H2,1H3,(H,10,14). The van der Waals surface area contributed by atoms with E-state index in [1.54, 1.807) is 17.9 Å². The number of nitrogens with two attached hydrogens (primary N) is 1. The van der Waals surface area contributed by atoms with Crippen LogP contribution in [0.2, 0.25) is 0 Å². The van der Waals surface area contributed by atoms with Crippen LogP contribution in [0, 0.1) is 0 Å². The van der Waals surface area contributed by atoms with Gasteiger partial charge in [0.25, 0.3) is 5.91 Å². The van der Waals surface area contributed by atoms with Gasteiger partial charge in [0.2, 0.25) is 0 Å². The first-order valence-electron chi connectivity index (χ1n) is 4.60. The van der Waals surface area contributed by atoms with Crippen molar-refractivity contribution in [3.8, 4) is 0 Å². The second-order valence-corrected chi connectivity index (χ2v) is 3.55. The summed E-state index contributed by atoms with van der Waals surface area (Å²) in [5.74, 6) is -0.208. The molecule has 0 spiro atoms. The summed E-state index contributed by atoms with van der Waals surface area (Å²) in [5, 5.41) is 10.2. The molecule has 0 unspecified atom stereocenters. The van der Waals surface area contributed by atoms with E-state index < -0.39 is 0 Å². The summed E-state index contributed by atoms with van der Waals surface area (Å²) < 4.78 is 1.72. The molecule has 1 heterocycles. The van der Waals surface area contributed by atoms with Crippen molar-refractivity contribution in [3.05, 3.63) is 11.9 Å². The zero-order valence-electron chi connectivity index (χ0n) is 7.97. The van der Waals surface area contributed by atoms with Crippen molar-refractivity contribution in [3.63, 3.8) is 0 Å². The van der Waals surface area contributed by atoms with Gasteiger partial charge in [-0.15, -0.1) is 5.10 Å². The van der Waals surface area contributed by atoms with Crippen LogP contribution in [0.15, 0.2) is 6.20 Å². The molecule has 1 aromatic heterocycles. The van der Waals surface area contributed by atoms with Crippen molar-refractivity contribution >= 4 is 5.91 Å². The van der Waals surface area contributed by atoms with Gasteiger partial charge in [-0.25, -0.2) is 4.68 Å². The number of hydrogen-bond donors (Lipinski definition) is 2. The molecule has 3 N–H and O–H groups in total. The normalized spacial score (nSPS) is 25.6. The molecule has 1 aliphatic rings. The number of nitrogens with zero attached hydrogens (tertiary/aromatic N) is 3. The van der Waals surface area contributed by atoms with Crippen LogP contribution in [0.4, 0.5) is 0 Å². The van der Waals surface area contributed by atoms with Gasteiger partial charge in [0.15, 0.2) is 5.69 Å². The zero-order valence-corrected chi connectivity index (χ0v) is 7.97. The van der Waals surface area contributed by atoms with Crippen LogP contribution in [-0.4, -0.2) is 34.0 Å². The number of rotatable bonds is 2. The lowest BCUT2D eigenvalue weighted by Crippen LogP contribution is -2.37. The third-order valence-electron chi connectivity index (χ3n) is 2.49. The fourth-order valence-electron chi connectivity index (χ4n) is 1.53. The fourth-order valence-corrected chi connectivity index (χ4v) is 1.53. The van der Waals surface area contributed by atoms with E-state index in [9.17, 15) is 4.79 Å². The summed E-state index contributed by atoms with van der Waals surface area (Å²) in [4.78, 5) is 11.2. The third-order valence-corrected chi connectivity index (χ3v) is 2.49. The number of carbonyl (C=O) groups excluding carboxylic acids is 1. The Morgan fingerprint density at radius 1 is 1.71 bits per heavy atom. The van der Waals surface area contributed by atoms with Crippen LogP contribution in [0.1, 0.15) is 29.4 Å². The minimum absolute atomic E-state index is 0.208. The molecule has 2 rings (SSSR count). The molecule has 0 saturated heterocycles. The van der Waals surface area contributed by atoms with E-state index in [4.69, 9.17) is 5.73 Å². The number of carbonyl (C=O) groups is 1. The van der Waals surface area contributed by atoms with Gasteiger partial charge in [0, 0.05) is 13.1 Å². The molecule has 6 nitrogen and oxygen atoms in total. The molecule has 0 radical (unpaired) electrons. The van der Waals surface area contributed by atoms with Gasteiger partial charge in [-0.05, 0) is 12.8 Å². The number of nitrogens with one attached hydrogen (secondary N) is 1. The van der Waals surface area contributed by atoms with Crippen molar-refractivity contribution in [1.82, 2.24) is 20.3 Å². The lowest BCUT2D eigenvalue weighted by atomic mass is 9.88. The lowest BCUT2D eigenvalue weighted by molar-refractivity contribution is 0.0958. The average Bonchev–Trinajstić information content (AvgIpc) is 2.60. The molecule has 1 aliphatic carbocycles. The van der Waals surface area contributed by atoms with E-state index in [0.29, 0.717) is 11.7 Å². The Balaban J connectivity index is 2.07. The smallest absolute Gasteiger partial charge is 0.273 e. The summed E-state index contributed by atoms with van der Waals surface area (Å²) in [5.41, 5.74) is 6.01. The topological polar surface area (TPSA) is 85.8 Å². The van der Waals surface area contributed by atoms with Crippen LogP contribution >= 0.6 is 0 Å². The minimum Gasteiger partial charge on any atom is -0.354 e. The van der Waals surface area contributed by atoms with Crippen LogP contribution in [0.3, 0.4) is 0 Å². The molecule has 0 aromatic carbocycles. The first-order valence-corrected chi connectivity index (χ1v) is 4.60. The predicted molar refractivity (Wildman–Crippen MR) is 49.7 cm³/mol. The molecule has 0 aliphatic heterocycles. The molecular formula is C8H13N5O. The highest BCUT2D eigenvalue weighted by Gasteiger charge is 2.28. The fraction of sp³-hybridized carbons (Fsp3) is 0.625. The van der Waals surface area contributed by atoms with Crippen molar-refractivity contribution < 1.29 is 4.79 Å². The molecule has 1 aromatic rings. The zero-order chi connectivity index (χ0) is 10.1. The summed E-state index contributed by atoms with van der Waals surface area (Å²) in [6.07, 6.45) is 3.49. The number of amides is 1. The second-order valence-electron chi connectivity index (χ2n) is 3.55. The Hall–Kier alpha value is -1.43. The first kappa shape index (κ1) is 9.14. The minimum atomic E-state index is -0.208. The van der Waals surface area contributed by atoms with Gasteiger partial charge in [0.1, 0.15) is 0 Å². The highest BCUT2D eigenvalue weighted by Crippen LogP contribution is 2.29. The molecule has 0 bridgehead atoms. The summed E-state index contributed by atoms with van der Waals surface area (Å²) in [6, 6.07) is 0.587. The van der Waals surface area contributed by atoms with E-state index in [0.717, 1.165) is 12.8 Å². The predicted octanol–water partition coefficient (Wildman–Crippen LogP) is -0.700. The van der Waals surface area contributed by atoms with Gasteiger partial charge in [-0.1, -0.05) is 5.21 Å². The van der Waals surface area contributed by atoms with Crippen molar-refractivity contribution in [2.24, 2.45) is 5.73 Å². The van der Waals surface area contributed by atoms with Crippen molar-refractivity contribution in [2.75, 3.05) is 7.05 Å². The highest BCUT2D eigenvalue weighted by atomic mass is 16.1. The maximum absolute atomic E-state index is 11.2. The molecule has 76 valence electrons. The Bertz CT molecular complexity index is 341. The average molecular weight is 195 g/mol. The Kier molecular flexibility index (Phi) is 2.20. The Morgan fingerprint density at radius 2 is 2.43 bits per heavy atom. The monoisotopic (exact) mass is 195 g/mol. The van der Waals surface area contributed by atoms with Crippen LogP contribution in [0.25, 0.3) is 0 Å². The highest BCUT2D eigenvalue weighted by molar-refractivity contribution is 5.91.